The lowest BCUT2D eigenvalue weighted by Gasteiger charge is -2.34. The van der Waals surface area contributed by atoms with Crippen molar-refractivity contribution in [2.24, 2.45) is 5.92 Å². The average molecular weight is 516 g/mol. The number of hydrogen-bond acceptors (Lipinski definition) is 3. The van der Waals surface area contributed by atoms with E-state index in [0.29, 0.717) is 11.8 Å². The van der Waals surface area contributed by atoms with Crippen molar-refractivity contribution < 1.29 is 0 Å². The molecule has 2 aliphatic rings. The Kier molecular flexibility index (Phi) is 11.4. The third kappa shape index (κ3) is 7.46. The third-order valence-electron chi connectivity index (χ3n) is 8.23. The normalized spacial score (nSPS) is 18.9. The number of hydrogen-bond donors (Lipinski definition) is 0. The zero-order chi connectivity index (χ0) is 27.7. The smallest absolute Gasteiger partial charge is 0.0445 e. The van der Waals surface area contributed by atoms with Gasteiger partial charge in [0.05, 0.1) is 0 Å². The SMILES string of the molecule is C=C(C)/C=C(\c1cc(N(C)/C(=C\CC)C2C=CC(N(C)C)=CCC2)ccc1C(CC)CC)N1CCCCC1. The van der Waals surface area contributed by atoms with E-state index in [9.17, 15) is 0 Å². The highest BCUT2D eigenvalue weighted by Gasteiger charge is 2.24. The zero-order valence-corrected chi connectivity index (χ0v) is 25.4. The van der Waals surface area contributed by atoms with E-state index in [0.717, 1.165) is 50.8 Å². The Morgan fingerprint density at radius 2 is 1.79 bits per heavy atom. The minimum atomic E-state index is 0.406. The van der Waals surface area contributed by atoms with Crippen LogP contribution in [0.3, 0.4) is 0 Å². The summed E-state index contributed by atoms with van der Waals surface area (Å²) in [6.45, 7) is 15.6. The molecule has 0 N–H and O–H groups in total. The maximum atomic E-state index is 4.29. The second-order valence-corrected chi connectivity index (χ2v) is 11.4. The molecule has 0 aromatic heterocycles. The summed E-state index contributed by atoms with van der Waals surface area (Å²) in [6, 6.07) is 7.26. The van der Waals surface area contributed by atoms with E-state index >= 15 is 0 Å². The van der Waals surface area contributed by atoms with Crippen LogP contribution in [-0.4, -0.2) is 44.0 Å². The fraction of sp³-hybridized carbons (Fsp3) is 0.543. The maximum absolute atomic E-state index is 4.29. The topological polar surface area (TPSA) is 9.72 Å². The van der Waals surface area contributed by atoms with Gasteiger partial charge in [0.1, 0.15) is 0 Å². The van der Waals surface area contributed by atoms with E-state index in [4.69, 9.17) is 0 Å². The Morgan fingerprint density at radius 3 is 2.39 bits per heavy atom. The molecule has 1 fully saturated rings. The van der Waals surface area contributed by atoms with Crippen molar-refractivity contribution in [2.75, 3.05) is 39.1 Å². The van der Waals surface area contributed by atoms with Crippen LogP contribution in [0.2, 0.25) is 0 Å². The quantitative estimate of drug-likeness (QED) is 0.272. The summed E-state index contributed by atoms with van der Waals surface area (Å²) in [4.78, 5) is 7.28. The summed E-state index contributed by atoms with van der Waals surface area (Å²) in [5.41, 5.74) is 9.36. The standard InChI is InChI=1S/C35H53N3/c1-9-16-34(29-17-15-18-30(20-19-29)36(6)7)37(8)31-21-22-32(28(10-2)11-3)33(26-31)35(25-27(4)5)38-23-13-12-14-24-38/h16,18-22,25-26,28-29H,4,9-15,17,23-24H2,1-3,5-8H3/b34-16-,35-25+. The molecule has 0 bridgehead atoms. The number of nitrogens with zero attached hydrogens (tertiary/aromatic N) is 3. The van der Waals surface area contributed by atoms with Gasteiger partial charge >= 0.3 is 0 Å². The van der Waals surface area contributed by atoms with Crippen LogP contribution in [0.25, 0.3) is 5.70 Å². The summed E-state index contributed by atoms with van der Waals surface area (Å²) in [5.74, 6) is 0.969. The van der Waals surface area contributed by atoms with E-state index in [2.05, 4.69) is 119 Å². The number of likely N-dealkylation sites (tertiary alicyclic amines) is 1. The van der Waals surface area contributed by atoms with Crippen molar-refractivity contribution in [3.8, 4) is 0 Å². The summed E-state index contributed by atoms with van der Waals surface area (Å²) < 4.78 is 0. The molecule has 0 radical (unpaired) electrons. The molecule has 1 heterocycles. The predicted octanol–water partition coefficient (Wildman–Crippen LogP) is 9.13. The fourth-order valence-electron chi connectivity index (χ4n) is 6.03. The van der Waals surface area contributed by atoms with E-state index in [1.807, 2.05) is 0 Å². The lowest BCUT2D eigenvalue weighted by atomic mass is 9.87. The molecule has 208 valence electrons. The minimum absolute atomic E-state index is 0.406. The molecule has 3 heteroatoms. The van der Waals surface area contributed by atoms with Gasteiger partial charge in [-0.15, -0.1) is 0 Å². The van der Waals surface area contributed by atoms with Crippen LogP contribution in [0.5, 0.6) is 0 Å². The third-order valence-corrected chi connectivity index (χ3v) is 8.23. The van der Waals surface area contributed by atoms with Crippen LogP contribution in [0.15, 0.2) is 72.1 Å². The number of benzene rings is 1. The first-order chi connectivity index (χ1) is 18.3. The van der Waals surface area contributed by atoms with Crippen LogP contribution < -0.4 is 4.90 Å². The lowest BCUT2D eigenvalue weighted by molar-refractivity contribution is 0.325. The summed E-state index contributed by atoms with van der Waals surface area (Å²) in [5, 5.41) is 0. The number of likely N-dealkylation sites (N-methyl/N-ethyl adjacent to an activating group) is 1. The summed E-state index contributed by atoms with van der Waals surface area (Å²) >= 11 is 0. The minimum Gasteiger partial charge on any atom is -0.378 e. The second kappa shape index (κ2) is 14.5. The Labute approximate surface area is 234 Å². The molecule has 0 spiro atoms. The lowest BCUT2D eigenvalue weighted by Crippen LogP contribution is -2.29. The van der Waals surface area contributed by atoms with Crippen LogP contribution in [-0.2, 0) is 0 Å². The molecule has 1 aliphatic heterocycles. The highest BCUT2D eigenvalue weighted by atomic mass is 15.1. The van der Waals surface area contributed by atoms with Gasteiger partial charge in [0.25, 0.3) is 0 Å². The first kappa shape index (κ1) is 29.9. The Morgan fingerprint density at radius 1 is 1.08 bits per heavy atom. The van der Waals surface area contributed by atoms with E-state index in [1.54, 1.807) is 0 Å². The highest BCUT2D eigenvalue weighted by Crippen LogP contribution is 2.38. The van der Waals surface area contributed by atoms with Gasteiger partial charge < -0.3 is 14.7 Å². The first-order valence-corrected chi connectivity index (χ1v) is 15.1. The van der Waals surface area contributed by atoms with Gasteiger partial charge in [-0.2, -0.15) is 0 Å². The van der Waals surface area contributed by atoms with Gasteiger partial charge in [-0.25, -0.2) is 0 Å². The molecular weight excluding hydrogens is 462 g/mol. The number of allylic oxidation sites excluding steroid dienone is 6. The number of anilines is 1. The monoisotopic (exact) mass is 515 g/mol. The van der Waals surface area contributed by atoms with Crippen LogP contribution in [0.4, 0.5) is 5.69 Å². The van der Waals surface area contributed by atoms with Crippen LogP contribution in [0.1, 0.15) is 96.1 Å². The van der Waals surface area contributed by atoms with Gasteiger partial charge in [-0.05, 0) is 94.1 Å². The second-order valence-electron chi connectivity index (χ2n) is 11.4. The molecule has 1 saturated heterocycles. The average Bonchev–Trinajstić information content (AvgIpc) is 3.18. The molecule has 3 rings (SSSR count). The predicted molar refractivity (Wildman–Crippen MR) is 168 cm³/mol. The van der Waals surface area contributed by atoms with Crippen molar-refractivity contribution >= 4 is 11.4 Å². The van der Waals surface area contributed by atoms with Gasteiger partial charge in [-0.3, -0.25) is 0 Å². The van der Waals surface area contributed by atoms with Crippen molar-refractivity contribution in [2.45, 2.75) is 85.0 Å². The van der Waals surface area contributed by atoms with Gasteiger partial charge in [-0.1, -0.05) is 57.2 Å². The first-order valence-electron chi connectivity index (χ1n) is 15.1. The Balaban J connectivity index is 2.08. The van der Waals surface area contributed by atoms with Gasteiger partial charge in [0.2, 0.25) is 0 Å². The van der Waals surface area contributed by atoms with Crippen LogP contribution >= 0.6 is 0 Å². The largest absolute Gasteiger partial charge is 0.378 e. The zero-order valence-electron chi connectivity index (χ0n) is 25.4. The van der Waals surface area contributed by atoms with Crippen molar-refractivity contribution in [3.63, 3.8) is 0 Å². The van der Waals surface area contributed by atoms with E-state index in [-0.39, 0.29) is 0 Å². The fourth-order valence-corrected chi connectivity index (χ4v) is 6.03. The molecule has 1 aliphatic carbocycles. The van der Waals surface area contributed by atoms with Crippen molar-refractivity contribution in [1.29, 1.82) is 0 Å². The van der Waals surface area contributed by atoms with Gasteiger partial charge in [0.15, 0.2) is 0 Å². The highest BCUT2D eigenvalue weighted by molar-refractivity contribution is 5.74. The molecule has 0 saturated carbocycles. The van der Waals surface area contributed by atoms with Crippen LogP contribution in [0, 0.1) is 5.92 Å². The number of rotatable bonds is 11. The summed E-state index contributed by atoms with van der Waals surface area (Å²) in [7, 11) is 6.53. The Hall–Kier alpha value is -2.68. The van der Waals surface area contributed by atoms with E-state index < -0.39 is 0 Å². The molecule has 3 nitrogen and oxygen atoms in total. The van der Waals surface area contributed by atoms with Crippen molar-refractivity contribution in [3.05, 3.63) is 83.3 Å². The molecule has 1 unspecified atom stereocenters. The molecule has 38 heavy (non-hydrogen) atoms. The molecular formula is C35H53N3. The molecule has 1 aromatic carbocycles. The maximum Gasteiger partial charge on any atom is 0.0445 e. The Bertz CT molecular complexity index is 1040. The molecule has 0 amide bonds. The molecule has 1 aromatic rings. The number of piperidine rings is 1. The van der Waals surface area contributed by atoms with E-state index in [1.165, 1.54) is 53.2 Å². The molecule has 1 atom stereocenters. The van der Waals surface area contributed by atoms with Gasteiger partial charge in [0, 0.05) is 68.5 Å². The van der Waals surface area contributed by atoms with Crippen molar-refractivity contribution in [1.82, 2.24) is 9.80 Å². The summed E-state index contributed by atoms with van der Waals surface area (Å²) in [6.07, 6.45) is 21.3.